The van der Waals surface area contributed by atoms with Gasteiger partial charge >= 0.3 is 0 Å². The maximum atomic E-state index is 13.3. The Bertz CT molecular complexity index is 589. The Hall–Kier alpha value is -1.02. The molecule has 1 amide bonds. The quantitative estimate of drug-likeness (QED) is 0.750. The van der Waals surface area contributed by atoms with E-state index in [2.05, 4.69) is 48.8 Å². The molecular weight excluding hydrogens is 414 g/mol. The summed E-state index contributed by atoms with van der Waals surface area (Å²) < 4.78 is 14.4. The van der Waals surface area contributed by atoms with Crippen molar-refractivity contribution in [2.45, 2.75) is 0 Å². The molecule has 2 rings (SSSR count). The van der Waals surface area contributed by atoms with Gasteiger partial charge in [0.2, 0.25) is 0 Å². The zero-order valence-electron chi connectivity index (χ0n) is 8.95. The Labute approximate surface area is 125 Å². The molecule has 1 aromatic heterocycles. The first kappa shape index (κ1) is 13.4. The predicted molar refractivity (Wildman–Crippen MR) is 79.0 cm³/mol. The van der Waals surface area contributed by atoms with E-state index in [4.69, 9.17) is 0 Å². The molecule has 0 unspecified atom stereocenters. The number of amides is 1. The monoisotopic (exact) mass is 420 g/mol. The molecule has 1 aromatic carbocycles. The van der Waals surface area contributed by atoms with Gasteiger partial charge in [0.1, 0.15) is 11.6 Å². The lowest BCUT2D eigenvalue weighted by molar-refractivity contribution is 0.102. The van der Waals surface area contributed by atoms with Crippen molar-refractivity contribution < 1.29 is 9.18 Å². The van der Waals surface area contributed by atoms with Gasteiger partial charge < -0.3 is 5.32 Å². The number of pyridine rings is 1. The second-order valence-corrected chi connectivity index (χ2v) is 5.46. The first-order valence-corrected chi connectivity index (χ1v) is 6.82. The van der Waals surface area contributed by atoms with E-state index in [0.717, 1.165) is 3.57 Å². The number of hydrogen-bond acceptors (Lipinski definition) is 2. The molecule has 0 aliphatic rings. The van der Waals surface area contributed by atoms with Gasteiger partial charge in [0, 0.05) is 9.77 Å². The van der Waals surface area contributed by atoms with E-state index in [1.165, 1.54) is 18.2 Å². The number of anilines is 1. The zero-order valence-corrected chi connectivity index (χ0v) is 12.7. The van der Waals surface area contributed by atoms with Gasteiger partial charge in [-0.15, -0.1) is 0 Å². The smallest absolute Gasteiger partial charge is 0.258 e. The molecule has 0 bridgehead atoms. The SMILES string of the molecule is O=C(Nc1ccc(I)cn1)c1cccc(F)c1Br. The first-order valence-electron chi connectivity index (χ1n) is 4.95. The van der Waals surface area contributed by atoms with Gasteiger partial charge in [-0.3, -0.25) is 4.79 Å². The molecule has 0 aliphatic heterocycles. The van der Waals surface area contributed by atoms with Crippen molar-refractivity contribution in [3.05, 3.63) is 56.0 Å². The summed E-state index contributed by atoms with van der Waals surface area (Å²) in [6.07, 6.45) is 1.64. The molecule has 0 radical (unpaired) electrons. The number of halogens is 3. The van der Waals surface area contributed by atoms with Crippen molar-refractivity contribution >= 4 is 50.2 Å². The van der Waals surface area contributed by atoms with E-state index in [-0.39, 0.29) is 10.0 Å². The number of rotatable bonds is 2. The fraction of sp³-hybridized carbons (Fsp3) is 0. The highest BCUT2D eigenvalue weighted by Gasteiger charge is 2.13. The van der Waals surface area contributed by atoms with Crippen LogP contribution in [0, 0.1) is 9.39 Å². The lowest BCUT2D eigenvalue weighted by Gasteiger charge is -2.06. The van der Waals surface area contributed by atoms with Crippen LogP contribution in [0.3, 0.4) is 0 Å². The number of carbonyl (C=O) groups excluding carboxylic acids is 1. The average Bonchev–Trinajstić information content (AvgIpc) is 2.35. The summed E-state index contributed by atoms with van der Waals surface area (Å²) in [6, 6.07) is 7.81. The molecule has 3 nitrogen and oxygen atoms in total. The minimum absolute atomic E-state index is 0.146. The van der Waals surface area contributed by atoms with Crippen molar-refractivity contribution in [1.29, 1.82) is 0 Å². The molecule has 0 atom stereocenters. The number of aromatic nitrogens is 1. The topological polar surface area (TPSA) is 42.0 Å². The summed E-state index contributed by atoms with van der Waals surface area (Å²) in [5.41, 5.74) is 0.232. The Morgan fingerprint density at radius 1 is 1.33 bits per heavy atom. The highest BCUT2D eigenvalue weighted by atomic mass is 127. The molecule has 18 heavy (non-hydrogen) atoms. The van der Waals surface area contributed by atoms with E-state index in [1.54, 1.807) is 12.3 Å². The summed E-state index contributed by atoms with van der Waals surface area (Å²) in [4.78, 5) is 16.0. The molecule has 0 saturated carbocycles. The van der Waals surface area contributed by atoms with Crippen LogP contribution >= 0.6 is 38.5 Å². The van der Waals surface area contributed by atoms with Crippen molar-refractivity contribution in [1.82, 2.24) is 4.98 Å². The van der Waals surface area contributed by atoms with Crippen LogP contribution in [-0.4, -0.2) is 10.9 Å². The number of nitrogens with zero attached hydrogens (tertiary/aromatic N) is 1. The Balaban J connectivity index is 2.22. The summed E-state index contributed by atoms with van der Waals surface area (Å²) >= 11 is 5.17. The van der Waals surface area contributed by atoms with Crippen molar-refractivity contribution in [3.63, 3.8) is 0 Å². The number of benzene rings is 1. The normalized spacial score (nSPS) is 10.2. The standard InChI is InChI=1S/C12H7BrFIN2O/c13-11-8(2-1-3-9(11)14)12(18)17-10-5-4-7(15)6-16-10/h1-6H,(H,16,17,18). The van der Waals surface area contributed by atoms with Crippen LogP contribution in [0.4, 0.5) is 10.2 Å². The largest absolute Gasteiger partial charge is 0.307 e. The van der Waals surface area contributed by atoms with Crippen LogP contribution in [0.15, 0.2) is 41.0 Å². The molecular formula is C12H7BrFIN2O. The summed E-state index contributed by atoms with van der Waals surface area (Å²) in [5.74, 6) is -0.454. The van der Waals surface area contributed by atoms with Crippen LogP contribution in [0.1, 0.15) is 10.4 Å². The van der Waals surface area contributed by atoms with Gasteiger partial charge in [0.15, 0.2) is 0 Å². The third-order valence-corrected chi connectivity index (χ3v) is 3.61. The molecule has 2 aromatic rings. The number of nitrogens with one attached hydrogen (secondary N) is 1. The Morgan fingerprint density at radius 3 is 2.78 bits per heavy atom. The maximum Gasteiger partial charge on any atom is 0.258 e. The van der Waals surface area contributed by atoms with E-state index in [9.17, 15) is 9.18 Å². The molecule has 92 valence electrons. The summed E-state index contributed by atoms with van der Waals surface area (Å²) in [6.45, 7) is 0. The summed E-state index contributed by atoms with van der Waals surface area (Å²) in [7, 11) is 0. The van der Waals surface area contributed by atoms with Crippen LogP contribution < -0.4 is 5.32 Å². The van der Waals surface area contributed by atoms with E-state index in [0.29, 0.717) is 5.82 Å². The highest BCUT2D eigenvalue weighted by Crippen LogP contribution is 2.21. The number of hydrogen-bond donors (Lipinski definition) is 1. The molecule has 0 saturated heterocycles. The van der Waals surface area contributed by atoms with E-state index in [1.807, 2.05) is 6.07 Å². The molecule has 0 aliphatic carbocycles. The molecule has 0 spiro atoms. The van der Waals surface area contributed by atoms with Crippen molar-refractivity contribution in [2.24, 2.45) is 0 Å². The van der Waals surface area contributed by atoms with Crippen molar-refractivity contribution in [2.75, 3.05) is 5.32 Å². The molecule has 1 heterocycles. The van der Waals surface area contributed by atoms with Gasteiger partial charge in [-0.05, 0) is 62.8 Å². The van der Waals surface area contributed by atoms with Crippen LogP contribution in [0.25, 0.3) is 0 Å². The molecule has 6 heteroatoms. The van der Waals surface area contributed by atoms with Gasteiger partial charge in [-0.25, -0.2) is 9.37 Å². The average molecular weight is 421 g/mol. The molecule has 1 N–H and O–H groups in total. The van der Waals surface area contributed by atoms with E-state index < -0.39 is 11.7 Å². The van der Waals surface area contributed by atoms with Crippen LogP contribution in [0.2, 0.25) is 0 Å². The summed E-state index contributed by atoms with van der Waals surface area (Å²) in [5, 5.41) is 2.60. The van der Waals surface area contributed by atoms with Gasteiger partial charge in [-0.2, -0.15) is 0 Å². The minimum atomic E-state index is -0.474. The fourth-order valence-corrected chi connectivity index (χ4v) is 2.08. The maximum absolute atomic E-state index is 13.3. The Kier molecular flexibility index (Phi) is 4.28. The van der Waals surface area contributed by atoms with Gasteiger partial charge in [0.25, 0.3) is 5.91 Å². The van der Waals surface area contributed by atoms with Gasteiger partial charge in [0.05, 0.1) is 10.0 Å². The third-order valence-electron chi connectivity index (χ3n) is 2.17. The van der Waals surface area contributed by atoms with Gasteiger partial charge in [-0.1, -0.05) is 6.07 Å². The highest BCUT2D eigenvalue weighted by molar-refractivity contribution is 14.1. The van der Waals surface area contributed by atoms with E-state index >= 15 is 0 Å². The third kappa shape index (κ3) is 3.05. The fourth-order valence-electron chi connectivity index (χ4n) is 1.31. The molecule has 0 fully saturated rings. The van der Waals surface area contributed by atoms with Crippen LogP contribution in [0.5, 0.6) is 0 Å². The first-order chi connectivity index (χ1) is 8.58. The Morgan fingerprint density at radius 2 is 2.11 bits per heavy atom. The van der Waals surface area contributed by atoms with Crippen molar-refractivity contribution in [3.8, 4) is 0 Å². The lowest BCUT2D eigenvalue weighted by Crippen LogP contribution is -2.14. The second kappa shape index (κ2) is 5.75. The number of carbonyl (C=O) groups is 1. The van der Waals surface area contributed by atoms with Crippen LogP contribution in [-0.2, 0) is 0 Å². The zero-order chi connectivity index (χ0) is 13.1. The minimum Gasteiger partial charge on any atom is -0.307 e. The predicted octanol–water partition coefficient (Wildman–Crippen LogP) is 3.84. The second-order valence-electron chi connectivity index (χ2n) is 3.42. The lowest BCUT2D eigenvalue weighted by atomic mass is 10.2.